The highest BCUT2D eigenvalue weighted by Crippen LogP contribution is 2.28. The molecule has 0 unspecified atom stereocenters. The first kappa shape index (κ1) is 9.83. The molecule has 1 atom stereocenters. The number of aromatic hydroxyl groups is 2. The molecule has 4 heteroatoms. The van der Waals surface area contributed by atoms with Crippen LogP contribution in [0.1, 0.15) is 24.9 Å². The molecule has 1 aromatic carbocycles. The second-order valence-corrected chi connectivity index (χ2v) is 2.88. The Kier molecular flexibility index (Phi) is 3.11. The fourth-order valence-electron chi connectivity index (χ4n) is 1.21. The van der Waals surface area contributed by atoms with E-state index < -0.39 is 0 Å². The Labute approximate surface area is 77.0 Å². The summed E-state index contributed by atoms with van der Waals surface area (Å²) in [5, 5.41) is 18.3. The molecule has 0 aliphatic carbocycles. The minimum atomic E-state index is -0.119. The summed E-state index contributed by atoms with van der Waals surface area (Å²) in [5.41, 5.74) is 3.48. The Hall–Kier alpha value is -1.26. The number of phenols is 2. The summed E-state index contributed by atoms with van der Waals surface area (Å²) >= 11 is 0. The summed E-state index contributed by atoms with van der Waals surface area (Å²) in [7, 11) is 0. The maximum atomic E-state index is 9.22. The predicted molar refractivity (Wildman–Crippen MR) is 50.1 cm³/mol. The van der Waals surface area contributed by atoms with Crippen LogP contribution in [0.5, 0.6) is 11.5 Å². The van der Waals surface area contributed by atoms with Gasteiger partial charge in [-0.15, -0.1) is 0 Å². The molecule has 0 aromatic heterocycles. The molecule has 0 aliphatic rings. The highest BCUT2D eigenvalue weighted by molar-refractivity contribution is 5.41. The molecule has 13 heavy (non-hydrogen) atoms. The fourth-order valence-corrected chi connectivity index (χ4v) is 1.21. The maximum absolute atomic E-state index is 9.22. The van der Waals surface area contributed by atoms with E-state index in [4.69, 9.17) is 10.9 Å². The van der Waals surface area contributed by atoms with Crippen molar-refractivity contribution in [3.05, 3.63) is 23.8 Å². The minimum absolute atomic E-state index is 0.00602. The molecule has 1 rings (SSSR count). The molecule has 0 aliphatic heterocycles. The number of benzene rings is 1. The van der Waals surface area contributed by atoms with E-state index in [9.17, 15) is 5.11 Å². The van der Waals surface area contributed by atoms with E-state index in [1.165, 1.54) is 12.1 Å². The van der Waals surface area contributed by atoms with Gasteiger partial charge in [-0.2, -0.15) is 0 Å². The van der Waals surface area contributed by atoms with Crippen molar-refractivity contribution < 1.29 is 10.2 Å². The molecule has 0 fully saturated rings. The van der Waals surface area contributed by atoms with Crippen LogP contribution in [-0.4, -0.2) is 10.2 Å². The first-order chi connectivity index (χ1) is 6.19. The Morgan fingerprint density at radius 3 is 2.54 bits per heavy atom. The molecule has 0 heterocycles. The van der Waals surface area contributed by atoms with E-state index in [0.717, 1.165) is 12.0 Å². The van der Waals surface area contributed by atoms with Crippen molar-refractivity contribution in [1.82, 2.24) is 5.43 Å². The number of hydrogen-bond donors (Lipinski definition) is 4. The SMILES string of the molecule is CC[C@@H](NN)c1ccc(O)c(O)c1. The van der Waals surface area contributed by atoms with Crippen molar-refractivity contribution in [1.29, 1.82) is 0 Å². The second kappa shape index (κ2) is 4.11. The molecule has 5 N–H and O–H groups in total. The van der Waals surface area contributed by atoms with Gasteiger partial charge in [0.25, 0.3) is 0 Å². The number of nitrogens with one attached hydrogen (secondary N) is 1. The van der Waals surface area contributed by atoms with Crippen LogP contribution in [0, 0.1) is 0 Å². The lowest BCUT2D eigenvalue weighted by atomic mass is 10.0. The van der Waals surface area contributed by atoms with Crippen LogP contribution < -0.4 is 11.3 Å². The van der Waals surface area contributed by atoms with Crippen molar-refractivity contribution >= 4 is 0 Å². The van der Waals surface area contributed by atoms with Crippen LogP contribution >= 0.6 is 0 Å². The molecule has 0 saturated carbocycles. The van der Waals surface area contributed by atoms with Gasteiger partial charge in [0, 0.05) is 6.04 Å². The third-order valence-electron chi connectivity index (χ3n) is 2.01. The third kappa shape index (κ3) is 2.11. The zero-order chi connectivity index (χ0) is 9.84. The van der Waals surface area contributed by atoms with Crippen molar-refractivity contribution in [2.24, 2.45) is 5.84 Å². The molecule has 0 bridgehead atoms. The van der Waals surface area contributed by atoms with Crippen molar-refractivity contribution in [2.45, 2.75) is 19.4 Å². The van der Waals surface area contributed by atoms with Gasteiger partial charge < -0.3 is 10.2 Å². The third-order valence-corrected chi connectivity index (χ3v) is 2.01. The highest BCUT2D eigenvalue weighted by Gasteiger charge is 2.08. The molecular formula is C9H14N2O2. The lowest BCUT2D eigenvalue weighted by Crippen LogP contribution is -2.27. The van der Waals surface area contributed by atoms with E-state index in [1.54, 1.807) is 6.07 Å². The smallest absolute Gasteiger partial charge is 0.157 e. The van der Waals surface area contributed by atoms with Gasteiger partial charge in [-0.1, -0.05) is 13.0 Å². The molecule has 72 valence electrons. The predicted octanol–water partition coefficient (Wildman–Crippen LogP) is 1.01. The largest absolute Gasteiger partial charge is 0.504 e. The summed E-state index contributed by atoms with van der Waals surface area (Å²) < 4.78 is 0. The van der Waals surface area contributed by atoms with Gasteiger partial charge in [-0.25, -0.2) is 0 Å². The van der Waals surface area contributed by atoms with Crippen molar-refractivity contribution in [2.75, 3.05) is 0 Å². The summed E-state index contributed by atoms with van der Waals surface area (Å²) in [6.07, 6.45) is 0.820. The van der Waals surface area contributed by atoms with Gasteiger partial charge in [-0.3, -0.25) is 11.3 Å². The Morgan fingerprint density at radius 1 is 1.38 bits per heavy atom. The average Bonchev–Trinajstić information content (AvgIpc) is 2.13. The second-order valence-electron chi connectivity index (χ2n) is 2.88. The molecule has 0 amide bonds. The quantitative estimate of drug-likeness (QED) is 0.319. The zero-order valence-corrected chi connectivity index (χ0v) is 7.49. The number of nitrogens with two attached hydrogens (primary N) is 1. The molecule has 0 saturated heterocycles. The van der Waals surface area contributed by atoms with E-state index in [2.05, 4.69) is 5.43 Å². The highest BCUT2D eigenvalue weighted by atomic mass is 16.3. The van der Waals surface area contributed by atoms with Crippen LogP contribution in [0.25, 0.3) is 0 Å². The van der Waals surface area contributed by atoms with E-state index >= 15 is 0 Å². The topological polar surface area (TPSA) is 78.5 Å². The zero-order valence-electron chi connectivity index (χ0n) is 7.49. The van der Waals surface area contributed by atoms with Crippen LogP contribution in [0.2, 0.25) is 0 Å². The molecule has 0 spiro atoms. The molecule has 0 radical (unpaired) electrons. The van der Waals surface area contributed by atoms with Crippen LogP contribution in [0.15, 0.2) is 18.2 Å². The number of phenolic OH excluding ortho intramolecular Hbond substituents is 2. The van der Waals surface area contributed by atoms with Gasteiger partial charge in [0.15, 0.2) is 11.5 Å². The monoisotopic (exact) mass is 182 g/mol. The summed E-state index contributed by atoms with van der Waals surface area (Å²) in [6.45, 7) is 1.98. The van der Waals surface area contributed by atoms with Gasteiger partial charge in [0.1, 0.15) is 0 Å². The molecular weight excluding hydrogens is 168 g/mol. The van der Waals surface area contributed by atoms with Crippen LogP contribution in [-0.2, 0) is 0 Å². The average molecular weight is 182 g/mol. The van der Waals surface area contributed by atoms with E-state index in [1.807, 2.05) is 6.92 Å². The van der Waals surface area contributed by atoms with Gasteiger partial charge in [0.2, 0.25) is 0 Å². The lowest BCUT2D eigenvalue weighted by Gasteiger charge is -2.14. The fraction of sp³-hybridized carbons (Fsp3) is 0.333. The van der Waals surface area contributed by atoms with E-state index in [0.29, 0.717) is 0 Å². The first-order valence-electron chi connectivity index (χ1n) is 4.17. The summed E-state index contributed by atoms with van der Waals surface area (Å²) in [5.74, 6) is 5.07. The standard InChI is InChI=1S/C9H14N2O2/c1-2-7(11-10)6-3-4-8(12)9(13)5-6/h3-5,7,11-13H,2,10H2,1H3/t7-/m1/s1. The number of rotatable bonds is 3. The maximum Gasteiger partial charge on any atom is 0.157 e. The lowest BCUT2D eigenvalue weighted by molar-refractivity contribution is 0.401. The Morgan fingerprint density at radius 2 is 2.08 bits per heavy atom. The number of hydrazine groups is 1. The summed E-state index contributed by atoms with van der Waals surface area (Å²) in [6, 6.07) is 4.68. The van der Waals surface area contributed by atoms with E-state index in [-0.39, 0.29) is 17.5 Å². The summed E-state index contributed by atoms with van der Waals surface area (Å²) in [4.78, 5) is 0. The van der Waals surface area contributed by atoms with Crippen LogP contribution in [0.3, 0.4) is 0 Å². The molecule has 1 aromatic rings. The first-order valence-corrected chi connectivity index (χ1v) is 4.17. The Bertz CT molecular complexity index is 285. The minimum Gasteiger partial charge on any atom is -0.504 e. The normalized spacial score (nSPS) is 12.8. The number of hydrogen-bond acceptors (Lipinski definition) is 4. The van der Waals surface area contributed by atoms with Gasteiger partial charge >= 0.3 is 0 Å². The van der Waals surface area contributed by atoms with Gasteiger partial charge in [-0.05, 0) is 24.1 Å². The van der Waals surface area contributed by atoms with Gasteiger partial charge in [0.05, 0.1) is 0 Å². The molecule has 4 nitrogen and oxygen atoms in total. The van der Waals surface area contributed by atoms with Crippen LogP contribution in [0.4, 0.5) is 0 Å². The van der Waals surface area contributed by atoms with Crippen molar-refractivity contribution in [3.8, 4) is 11.5 Å². The van der Waals surface area contributed by atoms with Crippen molar-refractivity contribution in [3.63, 3.8) is 0 Å². The Balaban J connectivity index is 2.95.